The highest BCUT2D eigenvalue weighted by Crippen LogP contribution is 2.32. The Labute approximate surface area is 209 Å². The Morgan fingerprint density at radius 3 is 2.47 bits per heavy atom. The first-order valence-corrected chi connectivity index (χ1v) is 11.8. The molecule has 1 amide bonds. The molecule has 0 radical (unpaired) electrons. The number of aryl methyl sites for hydroxylation is 1. The van der Waals surface area contributed by atoms with Crippen LogP contribution in [0.5, 0.6) is 17.2 Å². The van der Waals surface area contributed by atoms with Crippen molar-refractivity contribution in [2.24, 2.45) is 0 Å². The largest absolute Gasteiger partial charge is 0.494 e. The van der Waals surface area contributed by atoms with E-state index in [1.54, 1.807) is 10.9 Å². The third kappa shape index (κ3) is 4.90. The fourth-order valence-corrected chi connectivity index (χ4v) is 4.15. The first kappa shape index (κ1) is 23.1. The van der Waals surface area contributed by atoms with Crippen LogP contribution in [0.15, 0.2) is 91.3 Å². The van der Waals surface area contributed by atoms with Crippen molar-refractivity contribution in [1.82, 2.24) is 14.8 Å². The summed E-state index contributed by atoms with van der Waals surface area (Å²) < 4.78 is 13.4. The van der Waals surface area contributed by atoms with Gasteiger partial charge < -0.3 is 14.8 Å². The highest BCUT2D eigenvalue weighted by molar-refractivity contribution is 6.09. The van der Waals surface area contributed by atoms with Crippen molar-refractivity contribution < 1.29 is 14.3 Å². The Hall–Kier alpha value is -4.65. The molecular weight excluding hydrogens is 452 g/mol. The molecule has 36 heavy (non-hydrogen) atoms. The van der Waals surface area contributed by atoms with E-state index >= 15 is 0 Å². The van der Waals surface area contributed by atoms with E-state index in [0.717, 1.165) is 22.2 Å². The highest BCUT2D eigenvalue weighted by atomic mass is 16.5. The standard InChI is InChI=1S/C29H26N4O3/c1-3-35-21-13-15-22(16-14-21)36-27-12-7-6-11-25(27)32-29(34)28-20(2)23-9-4-5-10-24(23)31-26(28)19-33-18-8-17-30-33/h4-18H,3,19H2,1-2H3,(H,32,34). The zero-order valence-corrected chi connectivity index (χ0v) is 20.1. The summed E-state index contributed by atoms with van der Waals surface area (Å²) in [5.74, 6) is 1.70. The quantitative estimate of drug-likeness (QED) is 0.286. The molecule has 1 N–H and O–H groups in total. The number of anilines is 1. The summed E-state index contributed by atoms with van der Waals surface area (Å²) in [6, 6.07) is 24.4. The number of rotatable bonds is 8. The maximum absolute atomic E-state index is 13.7. The number of hydrogen-bond donors (Lipinski definition) is 1. The number of amides is 1. The molecule has 0 saturated heterocycles. The smallest absolute Gasteiger partial charge is 0.257 e. The van der Waals surface area contributed by atoms with Gasteiger partial charge in [-0.2, -0.15) is 5.10 Å². The van der Waals surface area contributed by atoms with E-state index in [0.29, 0.717) is 41.6 Å². The predicted molar refractivity (Wildman–Crippen MR) is 140 cm³/mol. The molecule has 0 aliphatic rings. The molecule has 5 aromatic rings. The molecule has 5 rings (SSSR count). The van der Waals surface area contributed by atoms with Crippen molar-refractivity contribution in [2.75, 3.05) is 11.9 Å². The average Bonchev–Trinajstić information content (AvgIpc) is 3.40. The fourth-order valence-electron chi connectivity index (χ4n) is 4.15. The van der Waals surface area contributed by atoms with Gasteiger partial charge in [0.2, 0.25) is 0 Å². The molecular formula is C29H26N4O3. The number of pyridine rings is 1. The van der Waals surface area contributed by atoms with Gasteiger partial charge in [-0.1, -0.05) is 30.3 Å². The summed E-state index contributed by atoms with van der Waals surface area (Å²) >= 11 is 0. The summed E-state index contributed by atoms with van der Waals surface area (Å²) in [5, 5.41) is 8.28. The van der Waals surface area contributed by atoms with Crippen molar-refractivity contribution in [3.8, 4) is 17.2 Å². The first-order valence-electron chi connectivity index (χ1n) is 11.8. The van der Waals surface area contributed by atoms with Gasteiger partial charge in [-0.05, 0) is 67.9 Å². The predicted octanol–water partition coefficient (Wildman–Crippen LogP) is 6.23. The lowest BCUT2D eigenvalue weighted by Crippen LogP contribution is -2.19. The number of carbonyl (C=O) groups is 1. The SMILES string of the molecule is CCOc1ccc(Oc2ccccc2NC(=O)c2c(Cn3cccn3)nc3ccccc3c2C)cc1. The molecule has 2 heterocycles. The molecule has 0 unspecified atom stereocenters. The first-order chi connectivity index (χ1) is 17.6. The summed E-state index contributed by atoms with van der Waals surface area (Å²) in [6.07, 6.45) is 3.57. The van der Waals surface area contributed by atoms with Gasteiger partial charge in [0.1, 0.15) is 11.5 Å². The Bertz CT molecular complexity index is 1500. The minimum Gasteiger partial charge on any atom is -0.494 e. The number of ether oxygens (including phenoxy) is 2. The number of carbonyl (C=O) groups excluding carboxylic acids is 1. The second-order valence-corrected chi connectivity index (χ2v) is 8.24. The summed E-state index contributed by atoms with van der Waals surface area (Å²) in [6.45, 7) is 4.87. The lowest BCUT2D eigenvalue weighted by Gasteiger charge is -2.17. The Morgan fingerprint density at radius 1 is 0.944 bits per heavy atom. The Balaban J connectivity index is 1.47. The van der Waals surface area contributed by atoms with E-state index in [1.165, 1.54) is 0 Å². The van der Waals surface area contributed by atoms with Gasteiger partial charge in [-0.15, -0.1) is 0 Å². The molecule has 0 bridgehead atoms. The summed E-state index contributed by atoms with van der Waals surface area (Å²) in [5.41, 5.74) is 3.45. The zero-order valence-electron chi connectivity index (χ0n) is 20.1. The molecule has 0 atom stereocenters. The van der Waals surface area contributed by atoms with Crippen LogP contribution in [0.1, 0.15) is 28.5 Å². The van der Waals surface area contributed by atoms with Crippen molar-refractivity contribution in [2.45, 2.75) is 20.4 Å². The van der Waals surface area contributed by atoms with Gasteiger partial charge in [0.05, 0.1) is 35.6 Å². The highest BCUT2D eigenvalue weighted by Gasteiger charge is 2.20. The van der Waals surface area contributed by atoms with Crippen LogP contribution in [0.2, 0.25) is 0 Å². The maximum Gasteiger partial charge on any atom is 0.257 e. The number of fused-ring (bicyclic) bond motifs is 1. The lowest BCUT2D eigenvalue weighted by molar-refractivity contribution is 0.102. The summed E-state index contributed by atoms with van der Waals surface area (Å²) in [7, 11) is 0. The Kier molecular flexibility index (Phi) is 6.62. The van der Waals surface area contributed by atoms with Crippen LogP contribution < -0.4 is 14.8 Å². The van der Waals surface area contributed by atoms with E-state index in [9.17, 15) is 4.79 Å². The van der Waals surface area contributed by atoms with Crippen molar-refractivity contribution in [3.05, 3.63) is 108 Å². The monoisotopic (exact) mass is 478 g/mol. The molecule has 7 heteroatoms. The van der Waals surface area contributed by atoms with E-state index in [1.807, 2.05) is 98.9 Å². The van der Waals surface area contributed by atoms with Gasteiger partial charge in [0.15, 0.2) is 5.75 Å². The molecule has 7 nitrogen and oxygen atoms in total. The minimum absolute atomic E-state index is 0.254. The second-order valence-electron chi connectivity index (χ2n) is 8.24. The van der Waals surface area contributed by atoms with Crippen molar-refractivity contribution >= 4 is 22.5 Å². The van der Waals surface area contributed by atoms with Gasteiger partial charge in [-0.3, -0.25) is 9.48 Å². The molecule has 0 aliphatic carbocycles. The number of nitrogens with zero attached hydrogens (tertiary/aromatic N) is 3. The molecule has 180 valence electrons. The van der Waals surface area contributed by atoms with Crippen molar-refractivity contribution in [1.29, 1.82) is 0 Å². The number of nitrogens with one attached hydrogen (secondary N) is 1. The van der Waals surface area contributed by atoms with E-state index in [4.69, 9.17) is 14.5 Å². The molecule has 0 saturated carbocycles. The number of aromatic nitrogens is 3. The van der Waals surface area contributed by atoms with Crippen LogP contribution >= 0.6 is 0 Å². The third-order valence-corrected chi connectivity index (χ3v) is 5.82. The van der Waals surface area contributed by atoms with Crippen LogP contribution in [0.3, 0.4) is 0 Å². The second kappa shape index (κ2) is 10.3. The minimum atomic E-state index is -0.254. The van der Waals surface area contributed by atoms with Crippen LogP contribution in [-0.4, -0.2) is 27.3 Å². The van der Waals surface area contributed by atoms with Crippen LogP contribution in [0.4, 0.5) is 5.69 Å². The average molecular weight is 479 g/mol. The molecule has 0 fully saturated rings. The molecule has 2 aromatic heterocycles. The van der Waals surface area contributed by atoms with Gasteiger partial charge >= 0.3 is 0 Å². The summed E-state index contributed by atoms with van der Waals surface area (Å²) in [4.78, 5) is 18.5. The zero-order chi connectivity index (χ0) is 24.9. The number of para-hydroxylation sites is 3. The molecule has 0 aliphatic heterocycles. The molecule has 0 spiro atoms. The number of hydrogen-bond acceptors (Lipinski definition) is 5. The third-order valence-electron chi connectivity index (χ3n) is 5.82. The normalized spacial score (nSPS) is 10.8. The van der Waals surface area contributed by atoms with Gasteiger partial charge in [-0.25, -0.2) is 4.98 Å². The van der Waals surface area contributed by atoms with Crippen LogP contribution in [-0.2, 0) is 6.54 Å². The van der Waals surface area contributed by atoms with Gasteiger partial charge in [0, 0.05) is 17.8 Å². The lowest BCUT2D eigenvalue weighted by atomic mass is 10.0. The van der Waals surface area contributed by atoms with Crippen molar-refractivity contribution in [3.63, 3.8) is 0 Å². The van der Waals surface area contributed by atoms with E-state index in [-0.39, 0.29) is 5.91 Å². The number of benzene rings is 3. The fraction of sp³-hybridized carbons (Fsp3) is 0.138. The van der Waals surface area contributed by atoms with Gasteiger partial charge in [0.25, 0.3) is 5.91 Å². The molecule has 3 aromatic carbocycles. The topological polar surface area (TPSA) is 78.3 Å². The van der Waals surface area contributed by atoms with Crippen LogP contribution in [0.25, 0.3) is 10.9 Å². The van der Waals surface area contributed by atoms with Crippen LogP contribution in [0, 0.1) is 6.92 Å². The van der Waals surface area contributed by atoms with E-state index < -0.39 is 0 Å². The Morgan fingerprint density at radius 2 is 1.69 bits per heavy atom. The van der Waals surface area contributed by atoms with E-state index in [2.05, 4.69) is 10.4 Å². The maximum atomic E-state index is 13.7.